The van der Waals surface area contributed by atoms with Gasteiger partial charge in [-0.1, -0.05) is 19.1 Å². The largest absolute Gasteiger partial charge is 0.507 e. The van der Waals surface area contributed by atoms with Crippen molar-refractivity contribution in [2.24, 2.45) is 0 Å². The van der Waals surface area contributed by atoms with Gasteiger partial charge in [0.1, 0.15) is 5.75 Å². The first kappa shape index (κ1) is 9.06. The zero-order valence-electron chi connectivity index (χ0n) is 6.78. The topological polar surface area (TPSA) is 61.2 Å². The fourth-order valence-electron chi connectivity index (χ4n) is 0.891. The lowest BCUT2D eigenvalue weighted by atomic mass is 10.3. The van der Waals surface area contributed by atoms with Crippen molar-refractivity contribution in [3.63, 3.8) is 0 Å². The zero-order chi connectivity index (χ0) is 9.19. The van der Waals surface area contributed by atoms with Gasteiger partial charge in [-0.15, -0.1) is 0 Å². The van der Waals surface area contributed by atoms with Crippen LogP contribution in [0, 0.1) is 4.78 Å². The van der Waals surface area contributed by atoms with Gasteiger partial charge in [0.15, 0.2) is 0 Å². The van der Waals surface area contributed by atoms with Crippen LogP contribution in [0.1, 0.15) is 6.92 Å². The second kappa shape index (κ2) is 3.15. The minimum absolute atomic E-state index is 0.0562. The molecule has 1 aromatic rings. The summed E-state index contributed by atoms with van der Waals surface area (Å²) in [7, 11) is -2.78. The van der Waals surface area contributed by atoms with E-state index in [4.69, 9.17) is 4.78 Å². The molecule has 0 unspecified atom stereocenters. The number of phenols is 1. The number of nitrogens with one attached hydrogen (secondary N) is 1. The van der Waals surface area contributed by atoms with Crippen molar-refractivity contribution in [1.29, 1.82) is 4.78 Å². The van der Waals surface area contributed by atoms with Gasteiger partial charge in [-0.3, -0.25) is 0 Å². The quantitative estimate of drug-likeness (QED) is 0.738. The van der Waals surface area contributed by atoms with E-state index in [0.29, 0.717) is 0 Å². The smallest absolute Gasteiger partial charge is 0.132 e. The number of benzene rings is 1. The zero-order valence-corrected chi connectivity index (χ0v) is 7.60. The van der Waals surface area contributed by atoms with E-state index in [1.807, 2.05) is 0 Å². The van der Waals surface area contributed by atoms with E-state index in [2.05, 4.69) is 0 Å². The Balaban J connectivity index is 3.30. The van der Waals surface area contributed by atoms with Crippen molar-refractivity contribution < 1.29 is 9.32 Å². The first-order chi connectivity index (χ1) is 5.58. The third-order valence-electron chi connectivity index (χ3n) is 1.63. The lowest BCUT2D eigenvalue weighted by molar-refractivity contribution is 0.461. The highest BCUT2D eigenvalue weighted by molar-refractivity contribution is 7.92. The summed E-state index contributed by atoms with van der Waals surface area (Å²) in [6.45, 7) is 1.67. The molecule has 0 radical (unpaired) electrons. The summed E-state index contributed by atoms with van der Waals surface area (Å²) < 4.78 is 18.9. The second-order valence-corrected chi connectivity index (χ2v) is 4.80. The fourth-order valence-corrected chi connectivity index (χ4v) is 1.91. The van der Waals surface area contributed by atoms with Gasteiger partial charge in [-0.2, -0.15) is 0 Å². The van der Waals surface area contributed by atoms with Gasteiger partial charge in [-0.25, -0.2) is 8.99 Å². The average molecular weight is 185 g/mol. The molecule has 0 aromatic heterocycles. The maximum Gasteiger partial charge on any atom is 0.132 e. The predicted molar refractivity (Wildman–Crippen MR) is 47.8 cm³/mol. The molecule has 0 amide bonds. The van der Waals surface area contributed by atoms with Crippen molar-refractivity contribution in [3.8, 4) is 5.75 Å². The molecule has 0 heterocycles. The molecule has 1 atom stereocenters. The van der Waals surface area contributed by atoms with Gasteiger partial charge < -0.3 is 5.11 Å². The lowest BCUT2D eigenvalue weighted by Crippen LogP contribution is -2.01. The Hall–Kier alpha value is -1.03. The molecule has 3 nitrogen and oxygen atoms in total. The molecule has 0 spiro atoms. The number of hydrogen-bond donors (Lipinski definition) is 2. The highest BCUT2D eigenvalue weighted by Gasteiger charge is 2.10. The monoisotopic (exact) mass is 185 g/mol. The van der Waals surface area contributed by atoms with Crippen LogP contribution < -0.4 is 0 Å². The Morgan fingerprint density at radius 2 is 2.08 bits per heavy atom. The van der Waals surface area contributed by atoms with Crippen LogP contribution in [0.4, 0.5) is 0 Å². The maximum absolute atomic E-state index is 11.5. The van der Waals surface area contributed by atoms with E-state index in [9.17, 15) is 9.32 Å². The summed E-state index contributed by atoms with van der Waals surface area (Å²) in [5.74, 6) is 0.171. The van der Waals surface area contributed by atoms with E-state index >= 15 is 0 Å². The molecular formula is C8H11NO2S. The van der Waals surface area contributed by atoms with Gasteiger partial charge in [0, 0.05) is 5.75 Å². The van der Waals surface area contributed by atoms with Gasteiger partial charge in [0.05, 0.1) is 14.6 Å². The molecule has 4 heteroatoms. The van der Waals surface area contributed by atoms with Crippen molar-refractivity contribution in [1.82, 2.24) is 0 Å². The molecule has 1 rings (SSSR count). The summed E-state index contributed by atoms with van der Waals surface area (Å²) in [6.07, 6.45) is 0. The first-order valence-corrected chi connectivity index (χ1v) is 5.35. The average Bonchev–Trinajstić information content (AvgIpc) is 2.05. The van der Waals surface area contributed by atoms with Gasteiger partial charge in [-0.05, 0) is 12.1 Å². The van der Waals surface area contributed by atoms with E-state index in [-0.39, 0.29) is 16.4 Å². The molecule has 0 fully saturated rings. The van der Waals surface area contributed by atoms with Gasteiger partial charge >= 0.3 is 0 Å². The predicted octanol–water partition coefficient (Wildman–Crippen LogP) is 1.82. The second-order valence-electron chi connectivity index (χ2n) is 2.43. The summed E-state index contributed by atoms with van der Waals surface area (Å²) in [6, 6.07) is 6.27. The number of rotatable bonds is 2. The SMILES string of the molecule is CC[S@](=N)(=O)c1ccccc1O. The summed E-state index contributed by atoms with van der Waals surface area (Å²) in [5.41, 5.74) is 0. The molecule has 0 aliphatic carbocycles. The molecule has 1 aromatic carbocycles. The van der Waals surface area contributed by atoms with Crippen LogP contribution in [0.2, 0.25) is 0 Å². The molecule has 0 aliphatic heterocycles. The van der Waals surface area contributed by atoms with E-state index in [1.165, 1.54) is 12.1 Å². The van der Waals surface area contributed by atoms with Crippen LogP contribution >= 0.6 is 0 Å². The Bertz CT molecular complexity index is 370. The van der Waals surface area contributed by atoms with E-state index in [0.717, 1.165) is 0 Å². The van der Waals surface area contributed by atoms with Crippen molar-refractivity contribution in [2.75, 3.05) is 5.75 Å². The van der Waals surface area contributed by atoms with Crippen LogP contribution in [0.5, 0.6) is 5.75 Å². The number of phenolic OH excluding ortho intramolecular Hbond substituents is 1. The van der Waals surface area contributed by atoms with Crippen LogP contribution in [0.15, 0.2) is 29.2 Å². The van der Waals surface area contributed by atoms with Gasteiger partial charge in [0.25, 0.3) is 0 Å². The molecule has 0 aliphatic rings. The molecular weight excluding hydrogens is 174 g/mol. The molecule has 0 bridgehead atoms. The normalized spacial score (nSPS) is 15.4. The Labute approximate surface area is 72.0 Å². The van der Waals surface area contributed by atoms with Crippen LogP contribution in [-0.2, 0) is 9.73 Å². The van der Waals surface area contributed by atoms with Crippen molar-refractivity contribution >= 4 is 9.73 Å². The molecule has 0 saturated carbocycles. The number of aromatic hydroxyl groups is 1. The van der Waals surface area contributed by atoms with Crippen LogP contribution in [-0.4, -0.2) is 15.1 Å². The van der Waals surface area contributed by atoms with Crippen LogP contribution in [0.25, 0.3) is 0 Å². The standard InChI is InChI=1S/C8H11NO2S/c1-2-12(9,11)8-6-4-3-5-7(8)10/h3-6,9-10H,2H2,1H3/t12-/m0/s1. The molecule has 66 valence electrons. The number of para-hydroxylation sites is 1. The molecule has 2 N–H and O–H groups in total. The van der Waals surface area contributed by atoms with Crippen molar-refractivity contribution in [3.05, 3.63) is 24.3 Å². The maximum atomic E-state index is 11.5. The van der Waals surface area contributed by atoms with E-state index < -0.39 is 9.73 Å². The Morgan fingerprint density at radius 1 is 1.50 bits per heavy atom. The summed E-state index contributed by atoms with van der Waals surface area (Å²) in [4.78, 5) is 0.229. The van der Waals surface area contributed by atoms with E-state index in [1.54, 1.807) is 19.1 Å². The van der Waals surface area contributed by atoms with Gasteiger partial charge in [0.2, 0.25) is 0 Å². The highest BCUT2D eigenvalue weighted by Crippen LogP contribution is 2.22. The Morgan fingerprint density at radius 3 is 2.58 bits per heavy atom. The highest BCUT2D eigenvalue weighted by atomic mass is 32.2. The third-order valence-corrected chi connectivity index (χ3v) is 3.50. The Kier molecular flexibility index (Phi) is 2.38. The van der Waals surface area contributed by atoms with Crippen molar-refractivity contribution in [2.45, 2.75) is 11.8 Å². The summed E-state index contributed by atoms with van der Waals surface area (Å²) in [5, 5.41) is 9.28. The van der Waals surface area contributed by atoms with Crippen LogP contribution in [0.3, 0.4) is 0 Å². The minimum atomic E-state index is -2.78. The molecule has 12 heavy (non-hydrogen) atoms. The first-order valence-electron chi connectivity index (χ1n) is 3.62. The number of hydrogen-bond acceptors (Lipinski definition) is 3. The molecule has 0 saturated heterocycles. The fraction of sp³-hybridized carbons (Fsp3) is 0.250. The lowest BCUT2D eigenvalue weighted by Gasteiger charge is -2.05. The minimum Gasteiger partial charge on any atom is -0.507 e. The third kappa shape index (κ3) is 1.58. The summed E-state index contributed by atoms with van der Waals surface area (Å²) >= 11 is 0.